The molecule has 2 aromatic rings. The van der Waals surface area contributed by atoms with Crippen molar-refractivity contribution in [1.82, 2.24) is 0 Å². The van der Waals surface area contributed by atoms with Crippen molar-refractivity contribution in [2.24, 2.45) is 0 Å². The van der Waals surface area contributed by atoms with Crippen molar-refractivity contribution < 1.29 is 9.47 Å². The van der Waals surface area contributed by atoms with Gasteiger partial charge < -0.3 is 9.47 Å². The molecular weight excluding hydrogens is 288 g/mol. The standard InChI is InChI=1S/C19H18N2O2/c1-3-12-19(2,15-4-8-17(9-5-15)22-13-20)16-6-10-18(11-7-16)23-14-21/h4-11H,3,12H2,1-2H3. The molecule has 0 aliphatic rings. The van der Waals surface area contributed by atoms with Crippen LogP contribution in [0.2, 0.25) is 0 Å². The maximum absolute atomic E-state index is 8.57. The van der Waals surface area contributed by atoms with Crippen molar-refractivity contribution in [3.63, 3.8) is 0 Å². The SMILES string of the molecule is CCCC(C)(c1ccc(OC#N)cc1)c1ccc(OC#N)cc1. The lowest BCUT2D eigenvalue weighted by Crippen LogP contribution is -2.23. The lowest BCUT2D eigenvalue weighted by Gasteiger charge is -2.31. The van der Waals surface area contributed by atoms with Crippen molar-refractivity contribution in [3.8, 4) is 24.0 Å². The molecule has 23 heavy (non-hydrogen) atoms. The van der Waals surface area contributed by atoms with Gasteiger partial charge in [-0.3, -0.25) is 0 Å². The molecule has 0 aliphatic heterocycles. The number of ether oxygens (including phenoxy) is 2. The Hall–Kier alpha value is -2.98. The molecule has 0 amide bonds. The molecule has 0 heterocycles. The zero-order valence-electron chi connectivity index (χ0n) is 13.2. The summed E-state index contributed by atoms with van der Waals surface area (Å²) < 4.78 is 9.68. The minimum absolute atomic E-state index is 0.162. The van der Waals surface area contributed by atoms with Crippen LogP contribution in [0, 0.1) is 23.0 Å². The third kappa shape index (κ3) is 3.62. The molecule has 0 bridgehead atoms. The Morgan fingerprint density at radius 2 is 1.22 bits per heavy atom. The second kappa shape index (κ2) is 7.33. The van der Waals surface area contributed by atoms with Gasteiger partial charge >= 0.3 is 0 Å². The molecule has 0 radical (unpaired) electrons. The first-order valence-corrected chi connectivity index (χ1v) is 7.47. The Labute approximate surface area is 136 Å². The smallest absolute Gasteiger partial charge is 0.292 e. The van der Waals surface area contributed by atoms with Crippen LogP contribution >= 0.6 is 0 Å². The van der Waals surface area contributed by atoms with E-state index in [0.29, 0.717) is 11.5 Å². The van der Waals surface area contributed by atoms with E-state index in [0.717, 1.165) is 24.0 Å². The number of rotatable bonds is 6. The molecule has 0 aromatic heterocycles. The zero-order valence-corrected chi connectivity index (χ0v) is 13.2. The van der Waals surface area contributed by atoms with Crippen molar-refractivity contribution in [2.45, 2.75) is 32.1 Å². The minimum Gasteiger partial charge on any atom is -0.388 e. The van der Waals surface area contributed by atoms with Gasteiger partial charge in [-0.2, -0.15) is 0 Å². The van der Waals surface area contributed by atoms with Gasteiger partial charge in [0.2, 0.25) is 0 Å². The summed E-state index contributed by atoms with van der Waals surface area (Å²) in [7, 11) is 0. The quantitative estimate of drug-likeness (QED) is 0.736. The van der Waals surface area contributed by atoms with E-state index in [1.807, 2.05) is 24.3 Å². The number of benzene rings is 2. The minimum atomic E-state index is -0.162. The summed E-state index contributed by atoms with van der Waals surface area (Å²) in [5.41, 5.74) is 2.14. The predicted molar refractivity (Wildman–Crippen MR) is 86.7 cm³/mol. The summed E-state index contributed by atoms with van der Waals surface area (Å²) in [6.07, 6.45) is 5.36. The molecule has 116 valence electrons. The monoisotopic (exact) mass is 306 g/mol. The number of hydrogen-bond acceptors (Lipinski definition) is 4. The van der Waals surface area contributed by atoms with E-state index < -0.39 is 0 Å². The topological polar surface area (TPSA) is 66.0 Å². The third-order valence-electron chi connectivity index (χ3n) is 4.06. The summed E-state index contributed by atoms with van der Waals surface area (Å²) in [6, 6.07) is 15.2. The highest BCUT2D eigenvalue weighted by atomic mass is 16.5. The van der Waals surface area contributed by atoms with E-state index in [1.54, 1.807) is 36.8 Å². The summed E-state index contributed by atoms with van der Waals surface area (Å²) in [5, 5.41) is 17.1. The fraction of sp³-hybridized carbons (Fsp3) is 0.263. The van der Waals surface area contributed by atoms with Crippen molar-refractivity contribution in [3.05, 3.63) is 59.7 Å². The van der Waals surface area contributed by atoms with Gasteiger partial charge in [0.05, 0.1) is 0 Å². The lowest BCUT2D eigenvalue weighted by atomic mass is 9.73. The number of nitriles is 2. The summed E-state index contributed by atoms with van der Waals surface area (Å²) in [4.78, 5) is 0. The molecule has 4 nitrogen and oxygen atoms in total. The molecule has 0 atom stereocenters. The van der Waals surface area contributed by atoms with Crippen LogP contribution < -0.4 is 9.47 Å². The van der Waals surface area contributed by atoms with E-state index in [-0.39, 0.29) is 5.41 Å². The van der Waals surface area contributed by atoms with E-state index in [9.17, 15) is 0 Å². The normalized spacial score (nSPS) is 10.4. The van der Waals surface area contributed by atoms with Crippen molar-refractivity contribution in [1.29, 1.82) is 10.5 Å². The molecule has 0 fully saturated rings. The molecule has 0 aliphatic carbocycles. The maximum atomic E-state index is 8.57. The average Bonchev–Trinajstić information content (AvgIpc) is 2.57. The Morgan fingerprint density at radius 1 is 0.826 bits per heavy atom. The molecule has 0 N–H and O–H groups in total. The Kier molecular flexibility index (Phi) is 5.23. The van der Waals surface area contributed by atoms with Crippen molar-refractivity contribution >= 4 is 0 Å². The van der Waals surface area contributed by atoms with Crippen LogP contribution in [0.5, 0.6) is 11.5 Å². The summed E-state index contributed by atoms with van der Waals surface area (Å²) in [5.74, 6) is 1.07. The van der Waals surface area contributed by atoms with E-state index in [1.165, 1.54) is 0 Å². The lowest BCUT2D eigenvalue weighted by molar-refractivity contribution is 0.494. The fourth-order valence-electron chi connectivity index (χ4n) is 2.84. The Balaban J connectivity index is 2.38. The van der Waals surface area contributed by atoms with Gasteiger partial charge in [0.1, 0.15) is 11.5 Å². The van der Waals surface area contributed by atoms with Crippen molar-refractivity contribution in [2.75, 3.05) is 0 Å². The molecule has 0 unspecified atom stereocenters. The molecule has 0 saturated carbocycles. The number of hydrogen-bond donors (Lipinski definition) is 0. The van der Waals surface area contributed by atoms with Crippen LogP contribution in [0.15, 0.2) is 48.5 Å². The molecule has 2 aromatic carbocycles. The maximum Gasteiger partial charge on any atom is 0.292 e. The van der Waals surface area contributed by atoms with E-state index >= 15 is 0 Å². The Morgan fingerprint density at radius 3 is 1.52 bits per heavy atom. The summed E-state index contributed by atoms with van der Waals surface area (Å²) >= 11 is 0. The Bertz CT molecular complexity index is 662. The van der Waals surface area contributed by atoms with Gasteiger partial charge in [-0.15, -0.1) is 10.5 Å². The van der Waals surface area contributed by atoms with Gasteiger partial charge in [0.25, 0.3) is 12.5 Å². The van der Waals surface area contributed by atoms with Gasteiger partial charge in [-0.05, 0) is 41.8 Å². The molecular formula is C19H18N2O2. The van der Waals surface area contributed by atoms with Crippen LogP contribution in [0.25, 0.3) is 0 Å². The van der Waals surface area contributed by atoms with E-state index in [4.69, 9.17) is 20.0 Å². The third-order valence-corrected chi connectivity index (χ3v) is 4.06. The van der Waals surface area contributed by atoms with Gasteiger partial charge in [-0.25, -0.2) is 0 Å². The molecule has 0 saturated heterocycles. The van der Waals surface area contributed by atoms with Crippen LogP contribution in [-0.4, -0.2) is 0 Å². The highest BCUT2D eigenvalue weighted by Crippen LogP contribution is 2.37. The highest BCUT2D eigenvalue weighted by molar-refractivity contribution is 5.42. The number of nitrogens with zero attached hydrogens (tertiary/aromatic N) is 2. The van der Waals surface area contributed by atoms with E-state index in [2.05, 4.69) is 13.8 Å². The largest absolute Gasteiger partial charge is 0.388 e. The first kappa shape index (κ1) is 16.4. The fourth-order valence-corrected chi connectivity index (χ4v) is 2.84. The molecule has 4 heteroatoms. The van der Waals surface area contributed by atoms with Gasteiger partial charge in [0, 0.05) is 5.41 Å². The van der Waals surface area contributed by atoms with Gasteiger partial charge in [0.15, 0.2) is 0 Å². The molecule has 0 spiro atoms. The van der Waals surface area contributed by atoms with Crippen LogP contribution in [-0.2, 0) is 5.41 Å². The van der Waals surface area contributed by atoms with Crippen LogP contribution in [0.4, 0.5) is 0 Å². The first-order chi connectivity index (χ1) is 11.1. The average molecular weight is 306 g/mol. The second-order valence-electron chi connectivity index (χ2n) is 5.52. The first-order valence-electron chi connectivity index (χ1n) is 7.47. The second-order valence-corrected chi connectivity index (χ2v) is 5.52. The predicted octanol–water partition coefficient (Wildman–Crippen LogP) is 4.51. The van der Waals surface area contributed by atoms with Gasteiger partial charge in [-0.1, -0.05) is 44.5 Å². The molecule has 2 rings (SSSR count). The zero-order chi connectivity index (χ0) is 16.7. The van der Waals surface area contributed by atoms with Crippen LogP contribution in [0.3, 0.4) is 0 Å². The van der Waals surface area contributed by atoms with Crippen LogP contribution in [0.1, 0.15) is 37.8 Å². The summed E-state index contributed by atoms with van der Waals surface area (Å²) in [6.45, 7) is 4.34. The highest BCUT2D eigenvalue weighted by Gasteiger charge is 2.28.